The summed E-state index contributed by atoms with van der Waals surface area (Å²) in [6.45, 7) is 4.51. The van der Waals surface area contributed by atoms with E-state index in [4.69, 9.17) is 4.74 Å². The van der Waals surface area contributed by atoms with Gasteiger partial charge in [0.05, 0.1) is 13.0 Å². The van der Waals surface area contributed by atoms with Crippen molar-refractivity contribution in [3.8, 4) is 0 Å². The fourth-order valence-corrected chi connectivity index (χ4v) is 3.03. The molecular formula is C13H21NO2. The van der Waals surface area contributed by atoms with Crippen molar-refractivity contribution in [3.05, 3.63) is 12.2 Å². The summed E-state index contributed by atoms with van der Waals surface area (Å²) in [5, 5.41) is 0. The number of nitrogens with zero attached hydrogens (tertiary/aromatic N) is 1. The summed E-state index contributed by atoms with van der Waals surface area (Å²) in [6, 6.07) is 0.347. The van der Waals surface area contributed by atoms with Crippen molar-refractivity contribution < 1.29 is 9.53 Å². The lowest BCUT2D eigenvalue weighted by Gasteiger charge is -2.38. The molecule has 90 valence electrons. The van der Waals surface area contributed by atoms with Crippen molar-refractivity contribution in [2.45, 2.75) is 32.2 Å². The standard InChI is InChI=1S/C13H21NO2/c1-10-6-5-7-11(13(15)16-2)12(10)14-8-3-4-9-14/h5,7,10-12H,3-4,6,8-9H2,1-2H3/t10-,11?,12+/m0/s1. The highest BCUT2D eigenvalue weighted by Crippen LogP contribution is 2.31. The largest absolute Gasteiger partial charge is 0.469 e. The SMILES string of the molecule is COC(=O)C1C=CC[C@H](C)[C@H]1N1CCCC1. The van der Waals surface area contributed by atoms with Crippen molar-refractivity contribution in [2.75, 3.05) is 20.2 Å². The Morgan fingerprint density at radius 1 is 1.38 bits per heavy atom. The van der Waals surface area contributed by atoms with Gasteiger partial charge < -0.3 is 4.74 Å². The minimum Gasteiger partial charge on any atom is -0.469 e. The van der Waals surface area contributed by atoms with Gasteiger partial charge in [-0.05, 0) is 38.3 Å². The smallest absolute Gasteiger partial charge is 0.314 e. The van der Waals surface area contributed by atoms with E-state index in [9.17, 15) is 4.79 Å². The predicted molar refractivity (Wildman–Crippen MR) is 63.0 cm³/mol. The summed E-state index contributed by atoms with van der Waals surface area (Å²) in [7, 11) is 1.48. The Morgan fingerprint density at radius 2 is 2.06 bits per heavy atom. The zero-order valence-electron chi connectivity index (χ0n) is 10.2. The van der Waals surface area contributed by atoms with Crippen LogP contribution in [0, 0.1) is 11.8 Å². The summed E-state index contributed by atoms with van der Waals surface area (Å²) in [6.07, 6.45) is 7.77. The molecule has 3 heteroatoms. The highest BCUT2D eigenvalue weighted by atomic mass is 16.5. The molecule has 3 atom stereocenters. The molecule has 0 N–H and O–H groups in total. The van der Waals surface area contributed by atoms with E-state index >= 15 is 0 Å². The molecule has 1 saturated heterocycles. The summed E-state index contributed by atoms with van der Waals surface area (Å²) >= 11 is 0. The van der Waals surface area contributed by atoms with Crippen LogP contribution in [0.4, 0.5) is 0 Å². The van der Waals surface area contributed by atoms with Gasteiger partial charge in [-0.1, -0.05) is 19.1 Å². The third-order valence-electron chi connectivity index (χ3n) is 3.84. The van der Waals surface area contributed by atoms with Gasteiger partial charge in [-0.25, -0.2) is 0 Å². The van der Waals surface area contributed by atoms with Gasteiger partial charge in [-0.15, -0.1) is 0 Å². The van der Waals surface area contributed by atoms with E-state index in [-0.39, 0.29) is 11.9 Å². The molecule has 2 aliphatic rings. The maximum Gasteiger partial charge on any atom is 0.314 e. The number of methoxy groups -OCH3 is 1. The van der Waals surface area contributed by atoms with E-state index in [2.05, 4.69) is 17.9 Å². The van der Waals surface area contributed by atoms with Crippen LogP contribution in [0.5, 0.6) is 0 Å². The lowest BCUT2D eigenvalue weighted by atomic mass is 9.81. The van der Waals surface area contributed by atoms with Crippen molar-refractivity contribution in [1.82, 2.24) is 4.90 Å². The first-order valence-corrected chi connectivity index (χ1v) is 6.22. The van der Waals surface area contributed by atoms with E-state index in [0.717, 1.165) is 19.5 Å². The molecule has 0 aromatic rings. The minimum absolute atomic E-state index is 0.0631. The zero-order valence-corrected chi connectivity index (χ0v) is 10.2. The molecule has 3 nitrogen and oxygen atoms in total. The van der Waals surface area contributed by atoms with Crippen LogP contribution >= 0.6 is 0 Å². The van der Waals surface area contributed by atoms with E-state index in [1.165, 1.54) is 20.0 Å². The van der Waals surface area contributed by atoms with E-state index in [1.807, 2.05) is 6.08 Å². The van der Waals surface area contributed by atoms with E-state index in [1.54, 1.807) is 0 Å². The third kappa shape index (κ3) is 2.14. The molecule has 0 spiro atoms. The molecule has 2 rings (SSSR count). The first-order chi connectivity index (χ1) is 7.74. The number of ether oxygens (including phenoxy) is 1. The molecule has 1 heterocycles. The molecule has 1 fully saturated rings. The third-order valence-corrected chi connectivity index (χ3v) is 3.84. The second-order valence-corrected chi connectivity index (χ2v) is 4.92. The molecule has 1 aliphatic carbocycles. The van der Waals surface area contributed by atoms with Crippen molar-refractivity contribution >= 4 is 5.97 Å². The lowest BCUT2D eigenvalue weighted by Crippen LogP contribution is -2.47. The lowest BCUT2D eigenvalue weighted by molar-refractivity contribution is -0.146. The van der Waals surface area contributed by atoms with Crippen molar-refractivity contribution in [2.24, 2.45) is 11.8 Å². The van der Waals surface area contributed by atoms with Crippen LogP contribution in [0.3, 0.4) is 0 Å². The summed E-state index contributed by atoms with van der Waals surface area (Å²) in [5.74, 6) is 0.402. The predicted octanol–water partition coefficient (Wildman–Crippen LogP) is 1.84. The molecule has 0 saturated carbocycles. The number of esters is 1. The Labute approximate surface area is 97.5 Å². The monoisotopic (exact) mass is 223 g/mol. The molecule has 1 unspecified atom stereocenters. The van der Waals surface area contributed by atoms with Gasteiger partial charge >= 0.3 is 5.97 Å². The average molecular weight is 223 g/mol. The fraction of sp³-hybridized carbons (Fsp3) is 0.769. The van der Waals surface area contributed by atoms with Crippen LogP contribution < -0.4 is 0 Å². The average Bonchev–Trinajstić information content (AvgIpc) is 2.81. The van der Waals surface area contributed by atoms with Gasteiger partial charge in [0.25, 0.3) is 0 Å². The van der Waals surface area contributed by atoms with Crippen molar-refractivity contribution in [3.63, 3.8) is 0 Å². The Morgan fingerprint density at radius 3 is 2.69 bits per heavy atom. The van der Waals surface area contributed by atoms with Gasteiger partial charge in [-0.3, -0.25) is 9.69 Å². The number of likely N-dealkylation sites (tertiary alicyclic amines) is 1. The van der Waals surface area contributed by atoms with Gasteiger partial charge in [0.1, 0.15) is 0 Å². The quantitative estimate of drug-likeness (QED) is 0.528. The first-order valence-electron chi connectivity index (χ1n) is 6.22. The van der Waals surface area contributed by atoms with E-state index in [0.29, 0.717) is 12.0 Å². The van der Waals surface area contributed by atoms with Gasteiger partial charge in [0.2, 0.25) is 0 Å². The Hall–Kier alpha value is -0.830. The van der Waals surface area contributed by atoms with Crippen LogP contribution in [0.1, 0.15) is 26.2 Å². The number of rotatable bonds is 2. The topological polar surface area (TPSA) is 29.5 Å². The Balaban J connectivity index is 2.15. The van der Waals surface area contributed by atoms with Crippen LogP contribution in [-0.4, -0.2) is 37.1 Å². The van der Waals surface area contributed by atoms with Crippen LogP contribution in [-0.2, 0) is 9.53 Å². The second kappa shape index (κ2) is 5.00. The number of hydrogen-bond donors (Lipinski definition) is 0. The number of carbonyl (C=O) groups excluding carboxylic acids is 1. The van der Waals surface area contributed by atoms with E-state index < -0.39 is 0 Å². The summed E-state index contributed by atoms with van der Waals surface area (Å²) < 4.78 is 4.91. The molecule has 0 bridgehead atoms. The number of hydrogen-bond acceptors (Lipinski definition) is 3. The van der Waals surface area contributed by atoms with Crippen LogP contribution in [0.2, 0.25) is 0 Å². The normalized spacial score (nSPS) is 35.2. The summed E-state index contributed by atoms with van der Waals surface area (Å²) in [5.41, 5.74) is 0. The maximum atomic E-state index is 11.8. The van der Waals surface area contributed by atoms with Gasteiger partial charge in [0.15, 0.2) is 0 Å². The summed E-state index contributed by atoms with van der Waals surface area (Å²) in [4.78, 5) is 14.2. The Kier molecular flexibility index (Phi) is 3.64. The fourth-order valence-electron chi connectivity index (χ4n) is 3.03. The highest BCUT2D eigenvalue weighted by Gasteiger charge is 2.38. The minimum atomic E-state index is -0.0836. The maximum absolute atomic E-state index is 11.8. The number of carbonyl (C=O) groups is 1. The Bertz CT molecular complexity index is 282. The molecule has 1 aliphatic heterocycles. The number of allylic oxidation sites excluding steroid dienone is 1. The molecular weight excluding hydrogens is 202 g/mol. The molecule has 0 amide bonds. The highest BCUT2D eigenvalue weighted by molar-refractivity contribution is 5.75. The van der Waals surface area contributed by atoms with Crippen molar-refractivity contribution in [1.29, 1.82) is 0 Å². The zero-order chi connectivity index (χ0) is 11.5. The van der Waals surface area contributed by atoms with Gasteiger partial charge in [0, 0.05) is 6.04 Å². The van der Waals surface area contributed by atoms with Crippen LogP contribution in [0.15, 0.2) is 12.2 Å². The first kappa shape index (κ1) is 11.6. The second-order valence-electron chi connectivity index (χ2n) is 4.92. The molecule has 0 aromatic heterocycles. The van der Waals surface area contributed by atoms with Crippen LogP contribution in [0.25, 0.3) is 0 Å². The molecule has 16 heavy (non-hydrogen) atoms. The molecule has 0 aromatic carbocycles. The van der Waals surface area contributed by atoms with Gasteiger partial charge in [-0.2, -0.15) is 0 Å². The molecule has 0 radical (unpaired) electrons.